The number of nitrogens with one attached hydrogen (secondary N) is 2. The van der Waals surface area contributed by atoms with Gasteiger partial charge in [-0.15, -0.1) is 0 Å². The van der Waals surface area contributed by atoms with Crippen LogP contribution in [0.3, 0.4) is 0 Å². The van der Waals surface area contributed by atoms with Crippen molar-refractivity contribution in [2.45, 2.75) is 25.2 Å². The second kappa shape index (κ2) is 8.84. The number of ether oxygens (including phenoxy) is 1. The van der Waals surface area contributed by atoms with Gasteiger partial charge < -0.3 is 10.1 Å². The minimum absolute atomic E-state index is 0.114. The highest BCUT2D eigenvalue weighted by Crippen LogP contribution is 2.30. The van der Waals surface area contributed by atoms with Gasteiger partial charge in [0, 0.05) is 10.7 Å². The molecule has 0 aromatic heterocycles. The molecule has 0 radical (unpaired) electrons. The molecule has 1 amide bonds. The Labute approximate surface area is 192 Å². The van der Waals surface area contributed by atoms with Crippen LogP contribution in [0.1, 0.15) is 16.7 Å². The Kier molecular flexibility index (Phi) is 6.13. The van der Waals surface area contributed by atoms with Crippen LogP contribution in [0.5, 0.6) is 5.75 Å². The van der Waals surface area contributed by atoms with Crippen molar-refractivity contribution in [3.8, 4) is 5.75 Å². The fourth-order valence-electron chi connectivity index (χ4n) is 3.66. The van der Waals surface area contributed by atoms with Crippen molar-refractivity contribution in [2.24, 2.45) is 5.92 Å². The first-order valence-corrected chi connectivity index (χ1v) is 12.0. The highest BCUT2D eigenvalue weighted by molar-refractivity contribution is 7.92. The molecule has 1 unspecified atom stereocenters. The summed E-state index contributed by atoms with van der Waals surface area (Å²) in [5, 5.41) is 3.43. The molecule has 4 rings (SSSR count). The van der Waals surface area contributed by atoms with Gasteiger partial charge in [-0.25, -0.2) is 8.42 Å². The van der Waals surface area contributed by atoms with Crippen LogP contribution in [0.25, 0.3) is 0 Å². The minimum atomic E-state index is -3.76. The number of anilines is 2. The van der Waals surface area contributed by atoms with E-state index in [2.05, 4.69) is 10.0 Å². The number of carbonyl (C=O) groups excluding carboxylic acids is 1. The molecule has 0 fully saturated rings. The lowest BCUT2D eigenvalue weighted by Gasteiger charge is -2.24. The summed E-state index contributed by atoms with van der Waals surface area (Å²) in [6.45, 7) is 3.97. The third kappa shape index (κ3) is 4.74. The van der Waals surface area contributed by atoms with E-state index < -0.39 is 10.0 Å². The zero-order valence-electron chi connectivity index (χ0n) is 17.7. The van der Waals surface area contributed by atoms with Crippen LogP contribution in [0.2, 0.25) is 5.02 Å². The fourth-order valence-corrected chi connectivity index (χ4v) is 5.06. The molecule has 32 heavy (non-hydrogen) atoms. The van der Waals surface area contributed by atoms with Gasteiger partial charge in [-0.2, -0.15) is 0 Å². The number of para-hydroxylation sites is 1. The molecule has 0 aliphatic carbocycles. The summed E-state index contributed by atoms with van der Waals surface area (Å²) >= 11 is 6.04. The number of aryl methyl sites for hydroxylation is 2. The number of sulfonamides is 1. The lowest BCUT2D eigenvalue weighted by molar-refractivity contribution is -0.121. The zero-order chi connectivity index (χ0) is 22.9. The summed E-state index contributed by atoms with van der Waals surface area (Å²) < 4.78 is 33.9. The number of halogens is 1. The summed E-state index contributed by atoms with van der Waals surface area (Å²) in [7, 11) is -3.76. The molecular formula is C24H23ClN2O4S. The van der Waals surface area contributed by atoms with E-state index in [1.54, 1.807) is 30.3 Å². The second-order valence-corrected chi connectivity index (χ2v) is 9.97. The molecule has 1 heterocycles. The van der Waals surface area contributed by atoms with Gasteiger partial charge in [-0.05, 0) is 79.4 Å². The number of rotatable bonds is 5. The second-order valence-electron chi connectivity index (χ2n) is 7.85. The summed E-state index contributed by atoms with van der Waals surface area (Å²) in [6, 6.07) is 17.0. The first kappa shape index (κ1) is 22.2. The van der Waals surface area contributed by atoms with Gasteiger partial charge in [-0.3, -0.25) is 9.52 Å². The molecule has 6 nitrogen and oxygen atoms in total. The monoisotopic (exact) mass is 470 g/mol. The van der Waals surface area contributed by atoms with Crippen LogP contribution in [0.15, 0.2) is 65.6 Å². The standard InChI is InChI=1S/C24H23ClN2O4S/c1-15-4-3-5-16(2)23(15)27-32(29,30)21-9-7-20(8-10-21)26-24(28)18-12-17-13-19(25)6-11-22(17)31-14-18/h3-11,13,18,27H,12,14H2,1-2H3,(H,26,28). The molecule has 0 spiro atoms. The van der Waals surface area contributed by atoms with Gasteiger partial charge in [0.25, 0.3) is 10.0 Å². The fraction of sp³-hybridized carbons (Fsp3) is 0.208. The molecule has 3 aromatic carbocycles. The average molecular weight is 471 g/mol. The Balaban J connectivity index is 1.44. The Bertz CT molecular complexity index is 1250. The molecule has 1 atom stereocenters. The maximum Gasteiger partial charge on any atom is 0.261 e. The third-order valence-corrected chi connectivity index (χ3v) is 7.05. The lowest BCUT2D eigenvalue weighted by atomic mass is 9.96. The molecule has 0 bridgehead atoms. The maximum absolute atomic E-state index is 12.8. The SMILES string of the molecule is Cc1cccc(C)c1NS(=O)(=O)c1ccc(NC(=O)C2COc3ccc(Cl)cc3C2)cc1. The average Bonchev–Trinajstić information content (AvgIpc) is 2.76. The van der Waals surface area contributed by atoms with Gasteiger partial charge in [0.05, 0.1) is 16.5 Å². The highest BCUT2D eigenvalue weighted by Gasteiger charge is 2.26. The summed E-state index contributed by atoms with van der Waals surface area (Å²) in [4.78, 5) is 12.8. The van der Waals surface area contributed by atoms with E-state index in [9.17, 15) is 13.2 Å². The van der Waals surface area contributed by atoms with Crippen LogP contribution >= 0.6 is 11.6 Å². The van der Waals surface area contributed by atoms with Crippen molar-refractivity contribution in [3.05, 3.63) is 82.4 Å². The zero-order valence-corrected chi connectivity index (χ0v) is 19.3. The summed E-state index contributed by atoms with van der Waals surface area (Å²) in [5.74, 6) is 0.180. The van der Waals surface area contributed by atoms with Crippen LogP contribution in [-0.2, 0) is 21.2 Å². The van der Waals surface area contributed by atoms with Crippen LogP contribution in [-0.4, -0.2) is 20.9 Å². The first-order chi connectivity index (χ1) is 15.2. The van der Waals surface area contributed by atoms with Crippen molar-refractivity contribution in [1.82, 2.24) is 0 Å². The van der Waals surface area contributed by atoms with E-state index in [0.717, 1.165) is 22.4 Å². The smallest absolute Gasteiger partial charge is 0.261 e. The molecule has 8 heteroatoms. The van der Waals surface area contributed by atoms with E-state index >= 15 is 0 Å². The summed E-state index contributed by atoms with van der Waals surface area (Å²) in [6.07, 6.45) is 0.522. The van der Waals surface area contributed by atoms with Gasteiger partial charge in [0.2, 0.25) is 5.91 Å². The topological polar surface area (TPSA) is 84.5 Å². The predicted molar refractivity (Wildman–Crippen MR) is 126 cm³/mol. The largest absolute Gasteiger partial charge is 0.492 e. The number of benzene rings is 3. The van der Waals surface area contributed by atoms with E-state index in [0.29, 0.717) is 22.8 Å². The number of carbonyl (C=O) groups is 1. The molecule has 0 saturated heterocycles. The van der Waals surface area contributed by atoms with Crippen molar-refractivity contribution < 1.29 is 17.9 Å². The number of amides is 1. The molecule has 1 aliphatic rings. The van der Waals surface area contributed by atoms with E-state index in [1.807, 2.05) is 32.0 Å². The van der Waals surface area contributed by atoms with Crippen molar-refractivity contribution >= 4 is 38.9 Å². The van der Waals surface area contributed by atoms with Crippen LogP contribution in [0.4, 0.5) is 11.4 Å². The normalized spacial score (nSPS) is 15.4. The van der Waals surface area contributed by atoms with Gasteiger partial charge >= 0.3 is 0 Å². The highest BCUT2D eigenvalue weighted by atomic mass is 35.5. The molecule has 1 aliphatic heterocycles. The maximum atomic E-state index is 12.8. The number of hydrogen-bond donors (Lipinski definition) is 2. The first-order valence-electron chi connectivity index (χ1n) is 10.1. The lowest BCUT2D eigenvalue weighted by Crippen LogP contribution is -2.32. The quantitative estimate of drug-likeness (QED) is 0.552. The van der Waals surface area contributed by atoms with E-state index in [-0.39, 0.29) is 23.3 Å². The van der Waals surface area contributed by atoms with Crippen molar-refractivity contribution in [3.63, 3.8) is 0 Å². The third-order valence-electron chi connectivity index (χ3n) is 5.45. The van der Waals surface area contributed by atoms with Crippen molar-refractivity contribution in [1.29, 1.82) is 0 Å². The Morgan fingerprint density at radius 1 is 1.03 bits per heavy atom. The summed E-state index contributed by atoms with van der Waals surface area (Å²) in [5.41, 5.74) is 3.66. The van der Waals surface area contributed by atoms with Crippen LogP contribution in [0, 0.1) is 19.8 Å². The van der Waals surface area contributed by atoms with Gasteiger partial charge in [-0.1, -0.05) is 29.8 Å². The Morgan fingerprint density at radius 2 is 1.72 bits per heavy atom. The van der Waals surface area contributed by atoms with E-state index in [1.165, 1.54) is 12.1 Å². The van der Waals surface area contributed by atoms with E-state index in [4.69, 9.17) is 16.3 Å². The number of hydrogen-bond acceptors (Lipinski definition) is 4. The van der Waals surface area contributed by atoms with Gasteiger partial charge in [0.1, 0.15) is 12.4 Å². The van der Waals surface area contributed by atoms with Gasteiger partial charge in [0.15, 0.2) is 0 Å². The Morgan fingerprint density at radius 3 is 2.41 bits per heavy atom. The molecule has 3 aromatic rings. The van der Waals surface area contributed by atoms with Crippen molar-refractivity contribution in [2.75, 3.05) is 16.6 Å². The molecule has 0 saturated carbocycles. The predicted octanol–water partition coefficient (Wildman–Crippen LogP) is 4.95. The Hall–Kier alpha value is -3.03. The van der Waals surface area contributed by atoms with Crippen LogP contribution < -0.4 is 14.8 Å². The molecule has 166 valence electrons. The molecular weight excluding hydrogens is 448 g/mol. The minimum Gasteiger partial charge on any atom is -0.492 e. The molecule has 2 N–H and O–H groups in total. The number of fused-ring (bicyclic) bond motifs is 1.